The largest absolute Gasteiger partial charge is 0.466 e. The van der Waals surface area contributed by atoms with Gasteiger partial charge in [-0.15, -0.1) is 0 Å². The lowest BCUT2D eigenvalue weighted by Gasteiger charge is -2.39. The van der Waals surface area contributed by atoms with Crippen LogP contribution in [0, 0.1) is 17.8 Å². The summed E-state index contributed by atoms with van der Waals surface area (Å²) >= 11 is 23.7. The normalized spacial score (nSPS) is 16.8. The molecule has 0 bridgehead atoms. The number of likely N-dealkylation sites (tertiary alicyclic amines) is 1. The second-order valence-corrected chi connectivity index (χ2v) is 14.8. The summed E-state index contributed by atoms with van der Waals surface area (Å²) in [5.74, 6) is -0.287. The van der Waals surface area contributed by atoms with Gasteiger partial charge in [-0.2, -0.15) is 0 Å². The van der Waals surface area contributed by atoms with Crippen LogP contribution in [0.3, 0.4) is 0 Å². The van der Waals surface area contributed by atoms with Crippen LogP contribution in [0.4, 0.5) is 10.5 Å². The molecule has 4 heterocycles. The molecule has 1 amide bonds. The third-order valence-corrected chi connectivity index (χ3v) is 9.52. The fourth-order valence-electron chi connectivity index (χ4n) is 4.97. The number of ether oxygens (including phenoxy) is 3. The molecule has 0 aromatic carbocycles. The Morgan fingerprint density at radius 3 is 1.56 bits per heavy atom. The molecular weight excluding hydrogens is 702 g/mol. The van der Waals surface area contributed by atoms with E-state index in [2.05, 4.69) is 14.9 Å². The first kappa shape index (κ1) is 41.6. The predicted octanol–water partition coefficient (Wildman–Crippen LogP) is 8.84. The summed E-state index contributed by atoms with van der Waals surface area (Å²) in [6.45, 7) is 18.2. The van der Waals surface area contributed by atoms with Crippen molar-refractivity contribution in [3.05, 3.63) is 50.4 Å². The van der Waals surface area contributed by atoms with Crippen LogP contribution in [0.15, 0.2) is 24.8 Å². The molecule has 2 aromatic rings. The molecule has 14 heteroatoms. The van der Waals surface area contributed by atoms with Crippen molar-refractivity contribution in [3.63, 3.8) is 0 Å². The molecule has 0 aliphatic carbocycles. The Balaban J connectivity index is 0.000000267. The Hall–Kier alpha value is -2.53. The third kappa shape index (κ3) is 12.1. The van der Waals surface area contributed by atoms with E-state index in [0.29, 0.717) is 59.2 Å². The fraction of sp³-hybridized carbons (Fsp3) is 0.618. The van der Waals surface area contributed by atoms with Crippen molar-refractivity contribution >= 4 is 70.1 Å². The molecule has 0 unspecified atom stereocenters. The summed E-state index contributed by atoms with van der Waals surface area (Å²) < 4.78 is 15.6. The highest BCUT2D eigenvalue weighted by molar-refractivity contribution is 6.42. The van der Waals surface area contributed by atoms with E-state index >= 15 is 0 Å². The highest BCUT2D eigenvalue weighted by atomic mass is 35.5. The topological polar surface area (TPSA) is 111 Å². The van der Waals surface area contributed by atoms with Crippen LogP contribution in [0.1, 0.15) is 79.7 Å². The van der Waals surface area contributed by atoms with Crippen LogP contribution in [0.25, 0.3) is 0 Å². The van der Waals surface area contributed by atoms with E-state index in [9.17, 15) is 14.4 Å². The molecule has 2 fully saturated rings. The van der Waals surface area contributed by atoms with Gasteiger partial charge in [0.2, 0.25) is 0 Å². The van der Waals surface area contributed by atoms with Gasteiger partial charge in [-0.1, -0.05) is 46.4 Å². The maximum absolute atomic E-state index is 12.0. The van der Waals surface area contributed by atoms with Crippen LogP contribution in [0.5, 0.6) is 0 Å². The monoisotopic (exact) mass is 748 g/mol. The fourth-order valence-corrected chi connectivity index (χ4v) is 5.88. The van der Waals surface area contributed by atoms with E-state index in [1.165, 1.54) is 6.20 Å². The number of nitrogens with zero attached hydrogens (tertiary/aromatic N) is 4. The number of hydrogen-bond acceptors (Lipinski definition) is 9. The zero-order chi connectivity index (χ0) is 36.3. The van der Waals surface area contributed by atoms with Gasteiger partial charge in [0.25, 0.3) is 0 Å². The quantitative estimate of drug-likeness (QED) is 0.219. The molecule has 2 aliphatic heterocycles. The summed E-state index contributed by atoms with van der Waals surface area (Å²) in [6.07, 6.45) is 8.74. The summed E-state index contributed by atoms with van der Waals surface area (Å²) in [5, 5.41) is 2.18. The highest BCUT2D eigenvalue weighted by Crippen LogP contribution is 2.39. The number of piperidine rings is 2. The molecule has 0 N–H and O–H groups in total. The average molecular weight is 751 g/mol. The van der Waals surface area contributed by atoms with Gasteiger partial charge in [0.15, 0.2) is 0 Å². The van der Waals surface area contributed by atoms with Gasteiger partial charge in [-0.05, 0) is 86.6 Å². The zero-order valence-corrected chi connectivity index (χ0v) is 32.2. The number of amides is 1. The smallest absolute Gasteiger partial charge is 0.410 e. The first-order valence-corrected chi connectivity index (χ1v) is 17.5. The lowest BCUT2D eigenvalue weighted by atomic mass is 9.80. The number of aryl methyl sites for hydroxylation is 1. The highest BCUT2D eigenvalue weighted by Gasteiger charge is 2.40. The second-order valence-electron chi connectivity index (χ2n) is 13.2. The minimum absolute atomic E-state index is 0.119. The van der Waals surface area contributed by atoms with Crippen molar-refractivity contribution in [1.82, 2.24) is 14.9 Å². The number of anilines is 1. The Labute approximate surface area is 304 Å². The number of carbonyl (C=O) groups excluding carboxylic acids is 3. The van der Waals surface area contributed by atoms with E-state index in [-0.39, 0.29) is 18.0 Å². The van der Waals surface area contributed by atoms with Gasteiger partial charge in [-0.3, -0.25) is 19.6 Å². The van der Waals surface area contributed by atoms with Crippen LogP contribution >= 0.6 is 46.4 Å². The van der Waals surface area contributed by atoms with Crippen molar-refractivity contribution in [2.45, 2.75) is 86.7 Å². The molecule has 0 radical (unpaired) electrons. The first-order chi connectivity index (χ1) is 22.4. The number of carbonyl (C=O) groups is 3. The minimum atomic E-state index is -0.487. The molecule has 0 spiro atoms. The summed E-state index contributed by atoms with van der Waals surface area (Å²) in [5.41, 5.74) is 0.324. The van der Waals surface area contributed by atoms with Gasteiger partial charge in [-0.25, -0.2) is 4.79 Å². The van der Waals surface area contributed by atoms with Gasteiger partial charge in [0.05, 0.1) is 49.8 Å². The zero-order valence-electron chi connectivity index (χ0n) is 29.1. The molecule has 4 rings (SSSR count). The average Bonchev–Trinajstić information content (AvgIpc) is 3.01. The molecule has 2 aliphatic rings. The van der Waals surface area contributed by atoms with E-state index in [0.717, 1.165) is 37.2 Å². The van der Waals surface area contributed by atoms with Crippen LogP contribution in [0.2, 0.25) is 20.1 Å². The molecule has 0 atom stereocenters. The lowest BCUT2D eigenvalue weighted by Crippen LogP contribution is -2.47. The van der Waals surface area contributed by atoms with Gasteiger partial charge < -0.3 is 24.0 Å². The summed E-state index contributed by atoms with van der Waals surface area (Å²) in [4.78, 5) is 47.3. The minimum Gasteiger partial charge on any atom is -0.466 e. The van der Waals surface area contributed by atoms with E-state index in [1.54, 1.807) is 30.4 Å². The Morgan fingerprint density at radius 2 is 1.17 bits per heavy atom. The van der Waals surface area contributed by atoms with Gasteiger partial charge in [0, 0.05) is 51.0 Å². The van der Waals surface area contributed by atoms with Crippen molar-refractivity contribution in [1.29, 1.82) is 0 Å². The van der Waals surface area contributed by atoms with E-state index in [4.69, 9.17) is 60.6 Å². The SMILES string of the molecule is CCOC(=O)C1(C)CCN(C(=O)OC(C)(C)C)CC1.CCOC(=O)C1(C)CCN(c2c(Cl)cncc2Cl)CC1.Cc1cncc(Cl)c1Cl. The molecule has 268 valence electrons. The lowest BCUT2D eigenvalue weighted by molar-refractivity contribution is -0.157. The van der Waals surface area contributed by atoms with E-state index in [1.807, 2.05) is 48.5 Å². The molecule has 48 heavy (non-hydrogen) atoms. The number of halogens is 4. The molecule has 10 nitrogen and oxygen atoms in total. The predicted molar refractivity (Wildman–Crippen MR) is 191 cm³/mol. The maximum atomic E-state index is 12.0. The van der Waals surface area contributed by atoms with Crippen molar-refractivity contribution in [2.24, 2.45) is 10.8 Å². The molecule has 2 saturated heterocycles. The Kier molecular flexibility index (Phi) is 16.0. The third-order valence-electron chi connectivity index (χ3n) is 8.08. The summed E-state index contributed by atoms with van der Waals surface area (Å²) in [6, 6.07) is 0. The van der Waals surface area contributed by atoms with Gasteiger partial charge in [0.1, 0.15) is 5.60 Å². The molecule has 0 saturated carbocycles. The van der Waals surface area contributed by atoms with Crippen LogP contribution in [-0.2, 0) is 23.8 Å². The number of aromatic nitrogens is 2. The maximum Gasteiger partial charge on any atom is 0.410 e. The van der Waals surface area contributed by atoms with Crippen LogP contribution in [-0.4, -0.2) is 77.9 Å². The number of esters is 2. The second kappa shape index (κ2) is 18.5. The molecule has 2 aromatic heterocycles. The Morgan fingerprint density at radius 1 is 0.750 bits per heavy atom. The van der Waals surface area contributed by atoms with Crippen molar-refractivity contribution in [2.75, 3.05) is 44.3 Å². The number of hydrogen-bond donors (Lipinski definition) is 0. The Bertz CT molecular complexity index is 1350. The van der Waals surface area contributed by atoms with Crippen molar-refractivity contribution < 1.29 is 28.6 Å². The summed E-state index contributed by atoms with van der Waals surface area (Å²) in [7, 11) is 0. The van der Waals surface area contributed by atoms with Crippen molar-refractivity contribution in [3.8, 4) is 0 Å². The first-order valence-electron chi connectivity index (χ1n) is 16.0. The standard InChI is InChI=1S/C14H18Cl2N2O2.C14H25NO4.C6H5Cl2N/c1-3-20-13(19)14(2)4-6-18(7-5-14)12-10(15)8-17-9-11(12)16;1-6-18-11(16)14(5)7-9-15(10-8-14)12(17)19-13(2,3)4;1-4-2-9-3-5(7)6(4)8/h8-9H,3-7H2,1-2H3;6-10H2,1-5H3;2-3H,1H3. The number of pyridine rings is 2. The number of rotatable bonds is 5. The molecular formula is C34H48Cl4N4O6. The van der Waals surface area contributed by atoms with Crippen LogP contribution < -0.4 is 4.90 Å². The van der Waals surface area contributed by atoms with E-state index < -0.39 is 16.4 Å². The van der Waals surface area contributed by atoms with Gasteiger partial charge >= 0.3 is 18.0 Å².